The fourth-order valence-corrected chi connectivity index (χ4v) is 2.09. The van der Waals surface area contributed by atoms with Gasteiger partial charge in [-0.2, -0.15) is 4.98 Å². The van der Waals surface area contributed by atoms with Crippen LogP contribution in [0.5, 0.6) is 5.75 Å². The van der Waals surface area contributed by atoms with Crippen molar-refractivity contribution in [1.29, 1.82) is 0 Å². The molecule has 0 spiro atoms. The topological polar surface area (TPSA) is 103 Å². The Bertz CT molecular complexity index is 941. The third-order valence-electron chi connectivity index (χ3n) is 3.15. The standard InChI is InChI=1S/C14H12N2O.CH4O4S/c1-9-7-8-12-13(14(9)17-2)16-11-6-4-3-5-10(11)15-12;1-5-6(2,3)4/h3-8H,1-2H3;1H3,(H,2,3,4). The van der Waals surface area contributed by atoms with Gasteiger partial charge in [-0.05, 0) is 24.6 Å². The van der Waals surface area contributed by atoms with Crippen LogP contribution in [0.25, 0.3) is 22.1 Å². The first-order chi connectivity index (χ1) is 10.9. The number of ether oxygens (including phenoxy) is 1. The zero-order valence-corrected chi connectivity index (χ0v) is 13.7. The van der Waals surface area contributed by atoms with E-state index in [0.29, 0.717) is 0 Å². The summed E-state index contributed by atoms with van der Waals surface area (Å²) in [5.74, 6) is 0.862. The zero-order valence-electron chi connectivity index (χ0n) is 12.9. The molecule has 0 saturated heterocycles. The van der Waals surface area contributed by atoms with Gasteiger partial charge in [-0.1, -0.05) is 18.2 Å². The minimum atomic E-state index is -4.41. The molecule has 0 aliphatic rings. The summed E-state index contributed by atoms with van der Waals surface area (Å²) in [5, 5.41) is 0. The molecule has 0 bridgehead atoms. The lowest BCUT2D eigenvalue weighted by molar-refractivity contribution is -0.311. The number of aromatic amines is 1. The molecule has 1 aromatic heterocycles. The fraction of sp³-hybridized carbons (Fsp3) is 0.200. The van der Waals surface area contributed by atoms with Crippen LogP contribution in [0.3, 0.4) is 0 Å². The Labute approximate surface area is 133 Å². The summed E-state index contributed by atoms with van der Waals surface area (Å²) in [6, 6.07) is 12.0. The molecule has 2 aromatic carbocycles. The third-order valence-corrected chi connectivity index (χ3v) is 3.55. The maximum absolute atomic E-state index is 9.22. The van der Waals surface area contributed by atoms with Gasteiger partial charge in [-0.15, -0.1) is 0 Å². The first-order valence-electron chi connectivity index (χ1n) is 6.62. The summed E-state index contributed by atoms with van der Waals surface area (Å²) in [6.45, 7) is 2.03. The van der Waals surface area contributed by atoms with Crippen LogP contribution < -0.4 is 9.72 Å². The molecular weight excluding hydrogens is 320 g/mol. The molecule has 0 unspecified atom stereocenters. The van der Waals surface area contributed by atoms with E-state index in [9.17, 15) is 13.0 Å². The lowest BCUT2D eigenvalue weighted by Gasteiger charge is -2.04. The Morgan fingerprint density at radius 1 is 1.09 bits per heavy atom. The first-order valence-corrected chi connectivity index (χ1v) is 7.96. The van der Waals surface area contributed by atoms with E-state index in [2.05, 4.69) is 14.2 Å². The van der Waals surface area contributed by atoms with E-state index >= 15 is 0 Å². The molecule has 1 heterocycles. The van der Waals surface area contributed by atoms with Gasteiger partial charge in [0.1, 0.15) is 11.0 Å². The van der Waals surface area contributed by atoms with Gasteiger partial charge in [-0.3, -0.25) is 4.18 Å². The maximum Gasteiger partial charge on any atom is 0.272 e. The molecule has 0 atom stereocenters. The summed E-state index contributed by atoms with van der Waals surface area (Å²) < 4.78 is 36.5. The average Bonchev–Trinajstić information content (AvgIpc) is 2.53. The van der Waals surface area contributed by atoms with E-state index < -0.39 is 10.4 Å². The lowest BCUT2D eigenvalue weighted by atomic mass is 10.1. The van der Waals surface area contributed by atoms with Crippen molar-refractivity contribution >= 4 is 32.5 Å². The van der Waals surface area contributed by atoms with Crippen LogP contribution >= 0.6 is 0 Å². The molecule has 23 heavy (non-hydrogen) atoms. The molecule has 8 heteroatoms. The minimum Gasteiger partial charge on any atom is -0.726 e. The summed E-state index contributed by atoms with van der Waals surface area (Å²) in [4.78, 5) is 8.00. The van der Waals surface area contributed by atoms with Crippen LogP contribution in [0.4, 0.5) is 0 Å². The second-order valence-corrected chi connectivity index (χ2v) is 5.79. The van der Waals surface area contributed by atoms with Crippen LogP contribution in [-0.4, -0.2) is 32.2 Å². The number of aromatic nitrogens is 2. The van der Waals surface area contributed by atoms with E-state index in [1.165, 1.54) is 0 Å². The highest BCUT2D eigenvalue weighted by Crippen LogP contribution is 2.25. The Morgan fingerprint density at radius 3 is 2.35 bits per heavy atom. The number of fused-ring (bicyclic) bond motifs is 2. The van der Waals surface area contributed by atoms with Crippen LogP contribution in [0.2, 0.25) is 0 Å². The van der Waals surface area contributed by atoms with Crippen molar-refractivity contribution in [3.05, 3.63) is 42.0 Å². The van der Waals surface area contributed by atoms with E-state index in [0.717, 1.165) is 40.5 Å². The second-order valence-electron chi connectivity index (χ2n) is 4.64. The van der Waals surface area contributed by atoms with Crippen molar-refractivity contribution in [3.63, 3.8) is 0 Å². The van der Waals surface area contributed by atoms with Gasteiger partial charge in [0.15, 0.2) is 5.75 Å². The maximum atomic E-state index is 9.22. The number of H-pyrrole nitrogens is 1. The summed E-state index contributed by atoms with van der Waals surface area (Å²) >= 11 is 0. The Morgan fingerprint density at radius 2 is 1.74 bits per heavy atom. The quantitative estimate of drug-likeness (QED) is 0.400. The molecular formula is C15H16N2O5S. The smallest absolute Gasteiger partial charge is 0.272 e. The van der Waals surface area contributed by atoms with Gasteiger partial charge >= 0.3 is 0 Å². The number of nitrogens with zero attached hydrogens (tertiary/aromatic N) is 1. The molecule has 0 fully saturated rings. The van der Waals surface area contributed by atoms with Crippen molar-refractivity contribution in [2.45, 2.75) is 6.92 Å². The molecule has 1 N–H and O–H groups in total. The molecule has 3 rings (SSSR count). The zero-order chi connectivity index (χ0) is 17.0. The van der Waals surface area contributed by atoms with Crippen molar-refractivity contribution in [3.8, 4) is 5.75 Å². The van der Waals surface area contributed by atoms with E-state index in [1.54, 1.807) is 7.11 Å². The first kappa shape index (κ1) is 17.1. The van der Waals surface area contributed by atoms with Gasteiger partial charge in [0, 0.05) is 6.07 Å². The fourth-order valence-electron chi connectivity index (χ4n) is 2.09. The van der Waals surface area contributed by atoms with Crippen molar-refractivity contribution in [2.75, 3.05) is 14.2 Å². The summed E-state index contributed by atoms with van der Waals surface area (Å²) in [6.07, 6.45) is 0. The van der Waals surface area contributed by atoms with E-state index in [4.69, 9.17) is 4.74 Å². The molecule has 7 nitrogen and oxygen atoms in total. The monoisotopic (exact) mass is 336 g/mol. The van der Waals surface area contributed by atoms with Crippen molar-refractivity contribution < 1.29 is 26.9 Å². The number of aryl methyl sites for hydroxylation is 1. The molecule has 0 aliphatic carbocycles. The average molecular weight is 336 g/mol. The van der Waals surface area contributed by atoms with Crippen LogP contribution in [0, 0.1) is 6.92 Å². The van der Waals surface area contributed by atoms with Crippen molar-refractivity contribution in [2.24, 2.45) is 0 Å². The summed E-state index contributed by atoms with van der Waals surface area (Å²) in [7, 11) is -1.92. The van der Waals surface area contributed by atoms with E-state index in [-0.39, 0.29) is 0 Å². The van der Waals surface area contributed by atoms with Crippen LogP contribution in [0.15, 0.2) is 36.4 Å². The normalized spacial score (nSPS) is 11.1. The second kappa shape index (κ2) is 6.86. The van der Waals surface area contributed by atoms with Gasteiger partial charge in [-0.25, -0.2) is 13.4 Å². The number of hydrogen-bond donors (Lipinski definition) is 0. The number of para-hydroxylation sites is 2. The van der Waals surface area contributed by atoms with Gasteiger partial charge in [0.25, 0.3) is 5.52 Å². The largest absolute Gasteiger partial charge is 0.726 e. The number of methoxy groups -OCH3 is 1. The molecule has 122 valence electrons. The highest BCUT2D eigenvalue weighted by atomic mass is 32.3. The van der Waals surface area contributed by atoms with Gasteiger partial charge < -0.3 is 9.29 Å². The highest BCUT2D eigenvalue weighted by molar-refractivity contribution is 7.80. The van der Waals surface area contributed by atoms with Gasteiger partial charge in [0.2, 0.25) is 15.9 Å². The highest BCUT2D eigenvalue weighted by Gasteiger charge is 2.14. The van der Waals surface area contributed by atoms with Crippen molar-refractivity contribution in [1.82, 2.24) is 4.98 Å². The number of nitrogens with one attached hydrogen (secondary N) is 1. The molecule has 0 amide bonds. The number of rotatable bonds is 2. The van der Waals surface area contributed by atoms with E-state index in [1.807, 2.05) is 43.3 Å². The predicted molar refractivity (Wildman–Crippen MR) is 83.8 cm³/mol. The Balaban J connectivity index is 0.000000277. The molecule has 0 aliphatic heterocycles. The van der Waals surface area contributed by atoms with Crippen LogP contribution in [0.1, 0.15) is 5.56 Å². The van der Waals surface area contributed by atoms with Gasteiger partial charge in [0.05, 0.1) is 14.2 Å². The third kappa shape index (κ3) is 4.13. The molecule has 3 aromatic rings. The Kier molecular flexibility index (Phi) is 5.09. The predicted octanol–water partition coefficient (Wildman–Crippen LogP) is 1.61. The lowest BCUT2D eigenvalue weighted by Crippen LogP contribution is -2.09. The minimum absolute atomic E-state index is 0.808. The Hall–Kier alpha value is -2.29. The SMILES string of the molecule is COS(=O)(=O)[O-].COc1c(C)ccc2nc3ccccc3[nH+]c12. The summed E-state index contributed by atoms with van der Waals surface area (Å²) in [5.41, 5.74) is 4.96. The number of hydrogen-bond acceptors (Lipinski definition) is 6. The number of benzene rings is 2. The van der Waals surface area contributed by atoms with Crippen LogP contribution in [-0.2, 0) is 14.6 Å². The molecule has 0 radical (unpaired) electrons. The molecule has 0 saturated carbocycles.